The monoisotopic (exact) mass is 165 g/mol. The Kier molecular flexibility index (Phi) is 1.74. The van der Waals surface area contributed by atoms with Gasteiger partial charge in [-0.05, 0) is 6.07 Å². The van der Waals surface area contributed by atoms with Crippen molar-refractivity contribution in [1.82, 2.24) is 14.5 Å². The molecule has 0 amide bonds. The van der Waals surface area contributed by atoms with Gasteiger partial charge in [0, 0.05) is 17.8 Å². The zero-order valence-electron chi connectivity index (χ0n) is 6.44. The van der Waals surface area contributed by atoms with Crippen LogP contribution in [0.5, 0.6) is 0 Å². The lowest BCUT2D eigenvalue weighted by Gasteiger charge is -1.98. The molecule has 4 heteroatoms. The molecule has 0 aromatic carbocycles. The molecule has 12 heavy (non-hydrogen) atoms. The van der Waals surface area contributed by atoms with E-state index in [1.807, 2.05) is 12.3 Å². The predicted molar refractivity (Wildman–Crippen MR) is 43.5 cm³/mol. The summed E-state index contributed by atoms with van der Waals surface area (Å²) in [4.78, 5) is 7.91. The second-order valence-electron chi connectivity index (χ2n) is 2.50. The highest BCUT2D eigenvalue weighted by Crippen LogP contribution is 2.10. The average molecular weight is 165 g/mol. The van der Waals surface area contributed by atoms with Gasteiger partial charge in [-0.25, -0.2) is 14.4 Å². The minimum atomic E-state index is -0.367. The van der Waals surface area contributed by atoms with Crippen LogP contribution >= 0.6 is 0 Å². The number of hydrogen-bond donors (Lipinski definition) is 0. The quantitative estimate of drug-likeness (QED) is 0.673. The lowest BCUT2D eigenvalue weighted by Crippen LogP contribution is -1.98. The summed E-state index contributed by atoms with van der Waals surface area (Å²) in [6.07, 6.45) is 5.01. The van der Waals surface area contributed by atoms with Gasteiger partial charge in [-0.1, -0.05) is 0 Å². The topological polar surface area (TPSA) is 30.7 Å². The SMILES string of the molecule is FCCn1ccc2cncnc21. The Morgan fingerprint density at radius 3 is 3.25 bits per heavy atom. The van der Waals surface area contributed by atoms with Gasteiger partial charge in [0.2, 0.25) is 0 Å². The minimum absolute atomic E-state index is 0.362. The predicted octanol–water partition coefficient (Wildman–Crippen LogP) is 1.40. The van der Waals surface area contributed by atoms with Crippen molar-refractivity contribution in [3.63, 3.8) is 0 Å². The molecule has 0 fully saturated rings. The minimum Gasteiger partial charge on any atom is -0.330 e. The van der Waals surface area contributed by atoms with E-state index in [0.717, 1.165) is 11.0 Å². The first kappa shape index (κ1) is 7.21. The molecule has 2 rings (SSSR count). The molecule has 62 valence electrons. The average Bonchev–Trinajstić information content (AvgIpc) is 2.50. The number of nitrogens with zero attached hydrogens (tertiary/aromatic N) is 3. The Balaban J connectivity index is 2.55. The number of alkyl halides is 1. The van der Waals surface area contributed by atoms with Crippen LogP contribution in [0.25, 0.3) is 11.0 Å². The van der Waals surface area contributed by atoms with Crippen molar-refractivity contribution in [3.05, 3.63) is 24.8 Å². The highest BCUT2D eigenvalue weighted by atomic mass is 19.1. The van der Waals surface area contributed by atoms with Gasteiger partial charge in [0.25, 0.3) is 0 Å². The van der Waals surface area contributed by atoms with Gasteiger partial charge in [-0.2, -0.15) is 0 Å². The lowest BCUT2D eigenvalue weighted by molar-refractivity contribution is 0.450. The smallest absolute Gasteiger partial charge is 0.143 e. The number of aryl methyl sites for hydroxylation is 1. The molecular formula is C8H8FN3. The zero-order chi connectivity index (χ0) is 8.39. The van der Waals surface area contributed by atoms with Crippen molar-refractivity contribution in [2.45, 2.75) is 6.54 Å². The Morgan fingerprint density at radius 2 is 2.42 bits per heavy atom. The van der Waals surface area contributed by atoms with E-state index >= 15 is 0 Å². The number of halogens is 1. The Labute approximate surface area is 68.9 Å². The molecular weight excluding hydrogens is 157 g/mol. The van der Waals surface area contributed by atoms with Crippen LogP contribution in [-0.2, 0) is 6.54 Å². The summed E-state index contributed by atoms with van der Waals surface area (Å²) in [6.45, 7) is -0.00566. The summed E-state index contributed by atoms with van der Waals surface area (Å²) < 4.78 is 13.8. The van der Waals surface area contributed by atoms with Crippen LogP contribution in [0.1, 0.15) is 0 Å². The van der Waals surface area contributed by atoms with Crippen molar-refractivity contribution in [2.75, 3.05) is 6.67 Å². The molecule has 0 spiro atoms. The summed E-state index contributed by atoms with van der Waals surface area (Å²) >= 11 is 0. The normalized spacial score (nSPS) is 10.8. The Hall–Kier alpha value is -1.45. The maximum Gasteiger partial charge on any atom is 0.143 e. The van der Waals surface area contributed by atoms with E-state index in [-0.39, 0.29) is 6.67 Å². The summed E-state index contributed by atoms with van der Waals surface area (Å²) in [6, 6.07) is 1.88. The van der Waals surface area contributed by atoms with Gasteiger partial charge in [0.05, 0.1) is 6.54 Å². The van der Waals surface area contributed by atoms with Gasteiger partial charge >= 0.3 is 0 Å². The number of fused-ring (bicyclic) bond motifs is 1. The first-order chi connectivity index (χ1) is 5.92. The Morgan fingerprint density at radius 1 is 1.50 bits per heavy atom. The van der Waals surface area contributed by atoms with Crippen LogP contribution < -0.4 is 0 Å². The highest BCUT2D eigenvalue weighted by molar-refractivity contribution is 5.74. The van der Waals surface area contributed by atoms with Gasteiger partial charge in [0.1, 0.15) is 18.6 Å². The molecule has 0 saturated heterocycles. The molecule has 3 nitrogen and oxygen atoms in total. The van der Waals surface area contributed by atoms with Crippen molar-refractivity contribution in [3.8, 4) is 0 Å². The van der Waals surface area contributed by atoms with Crippen LogP contribution in [0.2, 0.25) is 0 Å². The molecule has 2 heterocycles. The fraction of sp³-hybridized carbons (Fsp3) is 0.250. The van der Waals surface area contributed by atoms with E-state index in [1.54, 1.807) is 10.8 Å². The van der Waals surface area contributed by atoms with Gasteiger partial charge in [0.15, 0.2) is 0 Å². The van der Waals surface area contributed by atoms with E-state index in [4.69, 9.17) is 0 Å². The second-order valence-corrected chi connectivity index (χ2v) is 2.50. The van der Waals surface area contributed by atoms with Crippen molar-refractivity contribution in [1.29, 1.82) is 0 Å². The number of hydrogen-bond acceptors (Lipinski definition) is 2. The summed E-state index contributed by atoms with van der Waals surface area (Å²) in [7, 11) is 0. The molecule has 2 aromatic rings. The number of rotatable bonds is 2. The van der Waals surface area contributed by atoms with E-state index < -0.39 is 0 Å². The lowest BCUT2D eigenvalue weighted by atomic mass is 10.4. The molecule has 0 N–H and O–H groups in total. The third-order valence-corrected chi connectivity index (χ3v) is 1.75. The molecule has 0 aliphatic rings. The van der Waals surface area contributed by atoms with Crippen molar-refractivity contribution in [2.24, 2.45) is 0 Å². The molecule has 0 unspecified atom stereocenters. The van der Waals surface area contributed by atoms with Gasteiger partial charge < -0.3 is 4.57 Å². The maximum absolute atomic E-state index is 12.0. The summed E-state index contributed by atoms with van der Waals surface area (Å²) in [5.74, 6) is 0. The van der Waals surface area contributed by atoms with E-state index in [0.29, 0.717) is 6.54 Å². The molecule has 0 radical (unpaired) electrons. The fourth-order valence-electron chi connectivity index (χ4n) is 1.20. The third kappa shape index (κ3) is 1.05. The van der Waals surface area contributed by atoms with Crippen LogP contribution in [0, 0.1) is 0 Å². The van der Waals surface area contributed by atoms with E-state index in [2.05, 4.69) is 9.97 Å². The molecule has 2 aromatic heterocycles. The molecule has 0 aliphatic carbocycles. The fourth-order valence-corrected chi connectivity index (χ4v) is 1.20. The van der Waals surface area contributed by atoms with E-state index in [1.165, 1.54) is 6.33 Å². The van der Waals surface area contributed by atoms with Crippen molar-refractivity contribution < 1.29 is 4.39 Å². The summed E-state index contributed by atoms with van der Waals surface area (Å²) in [5.41, 5.74) is 0.794. The standard InChI is InChI=1S/C8H8FN3/c9-2-4-12-3-1-7-5-10-6-11-8(7)12/h1,3,5-6H,2,4H2. The maximum atomic E-state index is 12.0. The van der Waals surface area contributed by atoms with Crippen molar-refractivity contribution >= 4 is 11.0 Å². The van der Waals surface area contributed by atoms with Crippen LogP contribution in [0.15, 0.2) is 24.8 Å². The second kappa shape index (κ2) is 2.89. The highest BCUT2D eigenvalue weighted by Gasteiger charge is 1.99. The van der Waals surface area contributed by atoms with Gasteiger partial charge in [-0.3, -0.25) is 0 Å². The molecule has 0 aliphatic heterocycles. The van der Waals surface area contributed by atoms with Crippen LogP contribution in [0.4, 0.5) is 4.39 Å². The first-order valence-electron chi connectivity index (χ1n) is 3.72. The largest absolute Gasteiger partial charge is 0.330 e. The van der Waals surface area contributed by atoms with Gasteiger partial charge in [-0.15, -0.1) is 0 Å². The first-order valence-corrected chi connectivity index (χ1v) is 3.72. The number of aromatic nitrogens is 3. The molecule has 0 atom stereocenters. The summed E-state index contributed by atoms with van der Waals surface area (Å²) in [5, 5.41) is 0.950. The van der Waals surface area contributed by atoms with E-state index in [9.17, 15) is 4.39 Å². The zero-order valence-corrected chi connectivity index (χ0v) is 6.44. The molecule has 0 saturated carbocycles. The van der Waals surface area contributed by atoms with Crippen LogP contribution in [0.3, 0.4) is 0 Å². The van der Waals surface area contributed by atoms with Crippen LogP contribution in [-0.4, -0.2) is 21.2 Å². The molecule has 0 bridgehead atoms. The third-order valence-electron chi connectivity index (χ3n) is 1.75. The Bertz CT molecular complexity index is 382.